The van der Waals surface area contributed by atoms with Gasteiger partial charge in [-0.05, 0) is 55.9 Å². The summed E-state index contributed by atoms with van der Waals surface area (Å²) < 4.78 is 5.38. The van der Waals surface area contributed by atoms with E-state index in [0.717, 1.165) is 11.1 Å². The topological polar surface area (TPSA) is 87.7 Å². The summed E-state index contributed by atoms with van der Waals surface area (Å²) in [5.41, 5.74) is 1.73. The van der Waals surface area contributed by atoms with Gasteiger partial charge in [0.05, 0.1) is 0 Å². The first-order chi connectivity index (χ1) is 16.9. The summed E-state index contributed by atoms with van der Waals surface area (Å²) in [6, 6.07) is 15.2. The molecule has 0 heterocycles. The normalized spacial score (nSPS) is 12.9. The lowest BCUT2D eigenvalue weighted by Crippen LogP contribution is -2.52. The summed E-state index contributed by atoms with van der Waals surface area (Å²) in [4.78, 5) is 41.1. The molecule has 0 aliphatic rings. The maximum atomic E-state index is 13.7. The molecule has 2 aromatic rings. The predicted octanol–water partition coefficient (Wildman–Crippen LogP) is 5.08. The van der Waals surface area contributed by atoms with Gasteiger partial charge in [0.2, 0.25) is 11.8 Å². The number of ether oxygens (including phenoxy) is 1. The van der Waals surface area contributed by atoms with Crippen LogP contribution in [-0.4, -0.2) is 41.5 Å². The minimum Gasteiger partial charge on any atom is -0.444 e. The minimum absolute atomic E-state index is 0.122. The highest BCUT2D eigenvalue weighted by molar-refractivity contribution is 5.92. The van der Waals surface area contributed by atoms with Gasteiger partial charge in [0.15, 0.2) is 0 Å². The van der Waals surface area contributed by atoms with E-state index in [1.54, 1.807) is 33.9 Å². The molecule has 3 amide bonds. The van der Waals surface area contributed by atoms with Crippen LogP contribution in [0.25, 0.3) is 6.08 Å². The molecule has 0 aliphatic carbocycles. The third kappa shape index (κ3) is 8.87. The van der Waals surface area contributed by atoms with Crippen LogP contribution in [0.2, 0.25) is 0 Å². The lowest BCUT2D eigenvalue weighted by molar-refractivity contribution is -0.141. The Morgan fingerprint density at radius 3 is 2.31 bits per heavy atom. The summed E-state index contributed by atoms with van der Waals surface area (Å²) in [6.45, 7) is 13.4. The van der Waals surface area contributed by atoms with Gasteiger partial charge >= 0.3 is 6.09 Å². The Morgan fingerprint density at radius 2 is 1.72 bits per heavy atom. The summed E-state index contributed by atoms with van der Waals surface area (Å²) >= 11 is 0. The van der Waals surface area contributed by atoms with E-state index in [1.807, 2.05) is 68.4 Å². The Kier molecular flexibility index (Phi) is 10.3. The Bertz CT molecular complexity index is 1040. The first-order valence-electron chi connectivity index (χ1n) is 12.2. The van der Waals surface area contributed by atoms with Crippen molar-refractivity contribution in [2.75, 3.05) is 7.05 Å². The number of amides is 3. The fourth-order valence-corrected chi connectivity index (χ4v) is 3.80. The highest BCUT2D eigenvalue weighted by Crippen LogP contribution is 2.24. The number of benzene rings is 2. The third-order valence-corrected chi connectivity index (χ3v) is 5.45. The zero-order chi connectivity index (χ0) is 26.9. The second-order valence-electron chi connectivity index (χ2n) is 10.3. The molecule has 7 heteroatoms. The molecule has 0 aliphatic heterocycles. The van der Waals surface area contributed by atoms with Crippen molar-refractivity contribution in [3.63, 3.8) is 0 Å². The highest BCUT2D eigenvalue weighted by atomic mass is 16.6. The number of hydrogen-bond acceptors (Lipinski definition) is 4. The van der Waals surface area contributed by atoms with Gasteiger partial charge in [0.25, 0.3) is 0 Å². The quantitative estimate of drug-likeness (QED) is 0.483. The van der Waals surface area contributed by atoms with Gasteiger partial charge in [-0.15, -0.1) is 0 Å². The molecule has 194 valence electrons. The molecular weight excluding hydrogens is 454 g/mol. The van der Waals surface area contributed by atoms with Crippen molar-refractivity contribution in [1.29, 1.82) is 0 Å². The van der Waals surface area contributed by atoms with Gasteiger partial charge in [-0.25, -0.2) is 4.79 Å². The van der Waals surface area contributed by atoms with E-state index in [0.29, 0.717) is 18.5 Å². The first kappa shape index (κ1) is 28.6. The van der Waals surface area contributed by atoms with E-state index in [4.69, 9.17) is 4.74 Å². The van der Waals surface area contributed by atoms with Crippen LogP contribution < -0.4 is 10.6 Å². The molecule has 0 spiro atoms. The number of hydrogen-bond donors (Lipinski definition) is 2. The van der Waals surface area contributed by atoms with Crippen LogP contribution >= 0.6 is 0 Å². The van der Waals surface area contributed by atoms with E-state index >= 15 is 0 Å². The molecule has 0 aromatic heterocycles. The number of nitrogens with zero attached hydrogens (tertiary/aromatic N) is 1. The van der Waals surface area contributed by atoms with E-state index in [1.165, 1.54) is 4.90 Å². The fourth-order valence-electron chi connectivity index (χ4n) is 3.80. The average molecular weight is 494 g/mol. The number of rotatable bonds is 10. The SMILES string of the molecule is C=Cc1cccc(C(C(=O)NCc2ccccc2)N(C)C(=O)C(CC(C)C)NC(=O)OC(C)(C)C)c1. The van der Waals surface area contributed by atoms with Crippen molar-refractivity contribution in [2.45, 2.75) is 65.3 Å². The number of carbonyl (C=O) groups is 3. The smallest absolute Gasteiger partial charge is 0.408 e. The summed E-state index contributed by atoms with van der Waals surface area (Å²) in [5, 5.41) is 5.66. The molecule has 36 heavy (non-hydrogen) atoms. The molecule has 2 aromatic carbocycles. The molecule has 2 atom stereocenters. The zero-order valence-electron chi connectivity index (χ0n) is 22.2. The minimum atomic E-state index is -0.906. The van der Waals surface area contributed by atoms with Gasteiger partial charge in [0, 0.05) is 13.6 Å². The molecule has 2 N–H and O–H groups in total. The van der Waals surface area contributed by atoms with Crippen molar-refractivity contribution < 1.29 is 19.1 Å². The van der Waals surface area contributed by atoms with Crippen LogP contribution in [0.15, 0.2) is 61.2 Å². The van der Waals surface area contributed by atoms with Crippen molar-refractivity contribution >= 4 is 24.0 Å². The molecule has 0 radical (unpaired) electrons. The maximum Gasteiger partial charge on any atom is 0.408 e. The lowest BCUT2D eigenvalue weighted by Gasteiger charge is -2.32. The molecular formula is C29H39N3O4. The number of likely N-dealkylation sites (N-methyl/N-ethyl adjacent to an activating group) is 1. The number of alkyl carbamates (subject to hydrolysis) is 1. The Morgan fingerprint density at radius 1 is 1.06 bits per heavy atom. The Hall–Kier alpha value is -3.61. The van der Waals surface area contributed by atoms with Gasteiger partial charge in [-0.3, -0.25) is 9.59 Å². The van der Waals surface area contributed by atoms with Crippen LogP contribution in [0, 0.1) is 5.92 Å². The van der Waals surface area contributed by atoms with E-state index in [2.05, 4.69) is 17.2 Å². The van der Waals surface area contributed by atoms with Crippen LogP contribution in [0.3, 0.4) is 0 Å². The van der Waals surface area contributed by atoms with Gasteiger partial charge in [-0.2, -0.15) is 0 Å². The van der Waals surface area contributed by atoms with Crippen LogP contribution in [0.5, 0.6) is 0 Å². The second kappa shape index (κ2) is 12.9. The van der Waals surface area contributed by atoms with Crippen LogP contribution in [0.4, 0.5) is 4.79 Å². The monoisotopic (exact) mass is 493 g/mol. The van der Waals surface area contributed by atoms with Gasteiger partial charge in [0.1, 0.15) is 17.7 Å². The van der Waals surface area contributed by atoms with Crippen LogP contribution in [0.1, 0.15) is 63.8 Å². The molecule has 0 fully saturated rings. The van der Waals surface area contributed by atoms with E-state index in [-0.39, 0.29) is 17.7 Å². The summed E-state index contributed by atoms with van der Waals surface area (Å²) in [6.07, 6.45) is 1.41. The predicted molar refractivity (Wildman–Crippen MR) is 143 cm³/mol. The molecule has 0 saturated heterocycles. The van der Waals surface area contributed by atoms with E-state index in [9.17, 15) is 14.4 Å². The Labute approximate surface area is 214 Å². The lowest BCUT2D eigenvalue weighted by atomic mass is 9.98. The first-order valence-corrected chi connectivity index (χ1v) is 12.2. The third-order valence-electron chi connectivity index (χ3n) is 5.45. The highest BCUT2D eigenvalue weighted by Gasteiger charge is 2.34. The standard InChI is InChI=1S/C29H39N3O4/c1-8-21-15-12-16-23(18-21)25(26(33)30-19-22-13-10-9-11-14-22)32(7)27(34)24(17-20(2)3)31-28(35)36-29(4,5)6/h8-16,18,20,24-25H,1,17,19H2,2-7H3,(H,30,33)(H,31,35). The van der Waals surface area contributed by atoms with Crippen molar-refractivity contribution in [2.24, 2.45) is 5.92 Å². The summed E-state index contributed by atoms with van der Waals surface area (Å²) in [7, 11) is 1.58. The van der Waals surface area contributed by atoms with Gasteiger partial charge in [-0.1, -0.05) is 75.0 Å². The fraction of sp³-hybridized carbons (Fsp3) is 0.414. The van der Waals surface area contributed by atoms with Crippen molar-refractivity contribution in [1.82, 2.24) is 15.5 Å². The zero-order valence-corrected chi connectivity index (χ0v) is 22.2. The maximum absolute atomic E-state index is 13.7. The largest absolute Gasteiger partial charge is 0.444 e. The van der Waals surface area contributed by atoms with Crippen LogP contribution in [-0.2, 0) is 20.9 Å². The molecule has 7 nitrogen and oxygen atoms in total. The Balaban J connectivity index is 2.34. The van der Waals surface area contributed by atoms with Crippen molar-refractivity contribution in [3.05, 3.63) is 77.9 Å². The molecule has 2 rings (SSSR count). The van der Waals surface area contributed by atoms with Crippen molar-refractivity contribution in [3.8, 4) is 0 Å². The summed E-state index contributed by atoms with van der Waals surface area (Å²) in [5.74, 6) is -0.577. The van der Waals surface area contributed by atoms with E-state index < -0.39 is 23.8 Å². The average Bonchev–Trinajstić information content (AvgIpc) is 2.81. The molecule has 0 saturated carbocycles. The van der Waals surface area contributed by atoms with Gasteiger partial charge < -0.3 is 20.3 Å². The molecule has 2 unspecified atom stereocenters. The number of carbonyl (C=O) groups excluding carboxylic acids is 3. The molecule has 0 bridgehead atoms. The second-order valence-corrected chi connectivity index (χ2v) is 10.3. The number of nitrogens with one attached hydrogen (secondary N) is 2.